The minimum Gasteiger partial charge on any atom is -0.426 e. The third-order valence-corrected chi connectivity index (χ3v) is 4.66. The van der Waals surface area contributed by atoms with Gasteiger partial charge in [-0.25, -0.2) is 4.57 Å². The van der Waals surface area contributed by atoms with Crippen LogP contribution in [-0.2, 0) is 4.57 Å². The SMILES string of the molecule is O=C(N[P@](=O)(C=C(Cl)Cl)Oc1ccccc1)c1ccccc1. The molecule has 22 heavy (non-hydrogen) atoms. The first-order chi connectivity index (χ1) is 10.5. The van der Waals surface area contributed by atoms with Gasteiger partial charge in [0.05, 0.1) is 5.82 Å². The molecule has 2 rings (SSSR count). The lowest BCUT2D eigenvalue weighted by molar-refractivity contribution is 0.0978. The molecule has 2 aromatic rings. The molecule has 114 valence electrons. The number of nitrogens with one attached hydrogen (secondary N) is 1. The molecule has 0 unspecified atom stereocenters. The fourth-order valence-electron chi connectivity index (χ4n) is 1.64. The number of carbonyl (C=O) groups is 1. The monoisotopic (exact) mass is 355 g/mol. The van der Waals surface area contributed by atoms with Gasteiger partial charge in [-0.15, -0.1) is 0 Å². The van der Waals surface area contributed by atoms with Gasteiger partial charge in [0.25, 0.3) is 5.91 Å². The molecule has 0 saturated heterocycles. The molecule has 7 heteroatoms. The highest BCUT2D eigenvalue weighted by Crippen LogP contribution is 2.46. The molecule has 1 N–H and O–H groups in total. The summed E-state index contributed by atoms with van der Waals surface area (Å²) < 4.78 is 17.9. The predicted octanol–water partition coefficient (Wildman–Crippen LogP) is 4.97. The Balaban J connectivity index is 2.25. The summed E-state index contributed by atoms with van der Waals surface area (Å²) in [6, 6.07) is 16.8. The molecule has 0 saturated carbocycles. The Labute approximate surface area is 138 Å². The van der Waals surface area contributed by atoms with E-state index in [4.69, 9.17) is 27.7 Å². The Morgan fingerprint density at radius 3 is 2.09 bits per heavy atom. The van der Waals surface area contributed by atoms with E-state index in [0.717, 1.165) is 5.82 Å². The van der Waals surface area contributed by atoms with Gasteiger partial charge in [-0.05, 0) is 24.3 Å². The topological polar surface area (TPSA) is 55.4 Å². The molecule has 1 atom stereocenters. The van der Waals surface area contributed by atoms with Crippen LogP contribution in [0.5, 0.6) is 5.75 Å². The van der Waals surface area contributed by atoms with E-state index in [1.165, 1.54) is 0 Å². The van der Waals surface area contributed by atoms with Crippen molar-refractivity contribution in [2.45, 2.75) is 0 Å². The van der Waals surface area contributed by atoms with Gasteiger partial charge in [-0.1, -0.05) is 59.6 Å². The Morgan fingerprint density at radius 2 is 1.55 bits per heavy atom. The lowest BCUT2D eigenvalue weighted by atomic mass is 10.2. The standard InChI is InChI=1S/C15H12Cl2NO3P/c16-14(17)11-22(20,21-13-9-5-2-6-10-13)18-15(19)12-7-3-1-4-8-12/h1-11H,(H,18,19,20)/t22-/m0/s1. The lowest BCUT2D eigenvalue weighted by Crippen LogP contribution is -2.22. The van der Waals surface area contributed by atoms with Crippen LogP contribution >= 0.6 is 30.7 Å². The fourth-order valence-corrected chi connectivity index (χ4v) is 3.68. The van der Waals surface area contributed by atoms with Gasteiger partial charge in [0.15, 0.2) is 0 Å². The van der Waals surface area contributed by atoms with E-state index in [9.17, 15) is 9.36 Å². The van der Waals surface area contributed by atoms with Gasteiger partial charge in [0.1, 0.15) is 10.2 Å². The van der Waals surface area contributed by atoms with Crippen molar-refractivity contribution in [3.05, 3.63) is 76.5 Å². The lowest BCUT2D eigenvalue weighted by Gasteiger charge is -2.17. The minimum absolute atomic E-state index is 0.257. The van der Waals surface area contributed by atoms with Crippen LogP contribution in [0.15, 0.2) is 71.0 Å². The summed E-state index contributed by atoms with van der Waals surface area (Å²) in [7, 11) is -3.74. The van der Waals surface area contributed by atoms with Crippen molar-refractivity contribution in [1.29, 1.82) is 0 Å². The number of para-hydroxylation sites is 1. The molecule has 0 heterocycles. The highest BCUT2D eigenvalue weighted by atomic mass is 35.5. The van der Waals surface area contributed by atoms with Crippen LogP contribution in [-0.4, -0.2) is 5.91 Å². The summed E-state index contributed by atoms with van der Waals surface area (Å²) >= 11 is 11.2. The van der Waals surface area contributed by atoms with E-state index < -0.39 is 13.4 Å². The van der Waals surface area contributed by atoms with E-state index in [0.29, 0.717) is 11.3 Å². The zero-order valence-electron chi connectivity index (χ0n) is 11.3. The molecule has 0 aliphatic heterocycles. The van der Waals surface area contributed by atoms with Crippen LogP contribution in [0.2, 0.25) is 0 Å². The minimum atomic E-state index is -3.74. The second kappa shape index (κ2) is 7.50. The Bertz CT molecular complexity index is 716. The average molecular weight is 356 g/mol. The second-order valence-electron chi connectivity index (χ2n) is 4.23. The molecule has 1 amide bonds. The quantitative estimate of drug-likeness (QED) is 0.770. The summed E-state index contributed by atoms with van der Waals surface area (Å²) in [6.07, 6.45) is 0. The van der Waals surface area contributed by atoms with Crippen molar-refractivity contribution in [2.24, 2.45) is 0 Å². The van der Waals surface area contributed by atoms with Crippen LogP contribution < -0.4 is 9.61 Å². The number of carbonyl (C=O) groups excluding carboxylic acids is 1. The van der Waals surface area contributed by atoms with E-state index >= 15 is 0 Å². The zero-order chi connectivity index (χ0) is 16.0. The molecule has 0 aliphatic rings. The fraction of sp³-hybridized carbons (Fsp3) is 0. The number of hydrogen-bond donors (Lipinski definition) is 1. The highest BCUT2D eigenvalue weighted by molar-refractivity contribution is 7.61. The summed E-state index contributed by atoms with van der Waals surface area (Å²) in [5, 5.41) is 2.34. The molecule has 0 fully saturated rings. The molecule has 0 spiro atoms. The van der Waals surface area contributed by atoms with Crippen LogP contribution in [0.1, 0.15) is 10.4 Å². The van der Waals surface area contributed by atoms with Crippen LogP contribution in [0, 0.1) is 0 Å². The first-order valence-electron chi connectivity index (χ1n) is 6.24. The highest BCUT2D eigenvalue weighted by Gasteiger charge is 2.26. The van der Waals surface area contributed by atoms with Gasteiger partial charge in [-0.3, -0.25) is 9.88 Å². The van der Waals surface area contributed by atoms with E-state index in [2.05, 4.69) is 5.09 Å². The Hall–Kier alpha value is -1.74. The second-order valence-corrected chi connectivity index (χ2v) is 7.09. The number of halogens is 2. The van der Waals surface area contributed by atoms with E-state index in [-0.39, 0.29) is 4.49 Å². The smallest absolute Gasteiger partial charge is 0.369 e. The zero-order valence-corrected chi connectivity index (χ0v) is 13.7. The Kier molecular flexibility index (Phi) is 5.67. The number of rotatable bonds is 5. The van der Waals surface area contributed by atoms with E-state index in [1.807, 2.05) is 0 Å². The molecule has 2 aromatic carbocycles. The van der Waals surface area contributed by atoms with Crippen molar-refractivity contribution in [1.82, 2.24) is 5.09 Å². The molecule has 0 bridgehead atoms. The van der Waals surface area contributed by atoms with E-state index in [1.54, 1.807) is 60.7 Å². The van der Waals surface area contributed by atoms with Gasteiger partial charge < -0.3 is 4.52 Å². The first kappa shape index (κ1) is 16.6. The van der Waals surface area contributed by atoms with Crippen molar-refractivity contribution >= 4 is 36.6 Å². The maximum Gasteiger partial charge on any atom is 0.369 e. The molecular formula is C15H12Cl2NO3P. The largest absolute Gasteiger partial charge is 0.426 e. The van der Waals surface area contributed by atoms with Gasteiger partial charge in [0, 0.05) is 5.56 Å². The molecule has 0 aliphatic carbocycles. The predicted molar refractivity (Wildman–Crippen MR) is 88.4 cm³/mol. The van der Waals surface area contributed by atoms with Crippen LogP contribution in [0.3, 0.4) is 0 Å². The van der Waals surface area contributed by atoms with Gasteiger partial charge in [-0.2, -0.15) is 0 Å². The van der Waals surface area contributed by atoms with Gasteiger partial charge >= 0.3 is 7.52 Å². The maximum atomic E-state index is 12.8. The molecular weight excluding hydrogens is 344 g/mol. The van der Waals surface area contributed by atoms with Crippen molar-refractivity contribution in [3.8, 4) is 5.75 Å². The van der Waals surface area contributed by atoms with Crippen LogP contribution in [0.4, 0.5) is 0 Å². The maximum absolute atomic E-state index is 12.8. The van der Waals surface area contributed by atoms with Crippen molar-refractivity contribution < 1.29 is 13.9 Å². The number of benzene rings is 2. The normalized spacial score (nSPS) is 12.8. The third-order valence-electron chi connectivity index (χ3n) is 2.55. The van der Waals surface area contributed by atoms with Crippen molar-refractivity contribution in [3.63, 3.8) is 0 Å². The third kappa shape index (κ3) is 4.92. The summed E-state index contributed by atoms with van der Waals surface area (Å²) in [5.74, 6) is 0.764. The molecule has 4 nitrogen and oxygen atoms in total. The summed E-state index contributed by atoms with van der Waals surface area (Å²) in [4.78, 5) is 12.2. The first-order valence-corrected chi connectivity index (χ1v) is 8.69. The average Bonchev–Trinajstić information content (AvgIpc) is 2.47. The molecule has 0 radical (unpaired) electrons. The van der Waals surface area contributed by atoms with Crippen LogP contribution in [0.25, 0.3) is 0 Å². The number of amides is 1. The summed E-state index contributed by atoms with van der Waals surface area (Å²) in [6.45, 7) is 0. The van der Waals surface area contributed by atoms with Crippen molar-refractivity contribution in [2.75, 3.05) is 0 Å². The Morgan fingerprint density at radius 1 is 1.00 bits per heavy atom. The number of hydrogen-bond acceptors (Lipinski definition) is 3. The summed E-state index contributed by atoms with van der Waals surface area (Å²) in [5.41, 5.74) is 0.346. The van der Waals surface area contributed by atoms with Gasteiger partial charge in [0.2, 0.25) is 0 Å². The molecule has 0 aromatic heterocycles.